The Morgan fingerprint density at radius 2 is 1.26 bits per heavy atom. The normalized spacial score (nSPS) is 15.5. The summed E-state index contributed by atoms with van der Waals surface area (Å²) in [5.74, 6) is 0.866. The van der Waals surface area contributed by atoms with Gasteiger partial charge in [0.2, 0.25) is 0 Å². The first-order valence-electron chi connectivity index (χ1n) is 11.1. The lowest BCUT2D eigenvalue weighted by atomic mass is 9.84. The summed E-state index contributed by atoms with van der Waals surface area (Å²) in [5, 5.41) is 9.01. The van der Waals surface area contributed by atoms with Crippen LogP contribution < -0.4 is 10.6 Å². The first-order valence-corrected chi connectivity index (χ1v) is 14.7. The molecule has 4 heterocycles. The highest BCUT2D eigenvalue weighted by atomic mass is 32.2. The molecule has 2 aromatic heterocycles. The van der Waals surface area contributed by atoms with E-state index in [2.05, 4.69) is 20.6 Å². The second kappa shape index (κ2) is 11.3. The van der Waals surface area contributed by atoms with Gasteiger partial charge in [-0.3, -0.25) is 9.98 Å². The van der Waals surface area contributed by atoms with Crippen LogP contribution in [0.5, 0.6) is 0 Å². The molecule has 0 bridgehead atoms. The standard InChI is InChI=1S/C21H26N6O4S4/c1-5-30-15(28)11-13(24-19(34-11)26-17-22-7-9-32-17)21(3,4)14-12(16(29)31-6-2)35-20(25-14)27-18-23-8-10-33-18/h5-10H2,1-4H3,(H,22,24,26)(H,23,25,27). The topological polar surface area (TPSA) is 127 Å². The minimum absolute atomic E-state index is 0.237. The summed E-state index contributed by atoms with van der Waals surface area (Å²) >= 11 is 5.61. The Hall–Kier alpha value is -2.16. The van der Waals surface area contributed by atoms with E-state index >= 15 is 0 Å². The highest BCUT2D eigenvalue weighted by Crippen LogP contribution is 2.41. The SMILES string of the molecule is CCOC(=O)c1sc(NC2=NCCS2)nc1C(C)(C)c1nc(NC2=NCCS2)sc1C(=O)OCC. The van der Waals surface area contributed by atoms with Crippen LogP contribution in [-0.4, -0.2) is 70.1 Å². The van der Waals surface area contributed by atoms with Crippen LogP contribution in [0, 0.1) is 0 Å². The lowest BCUT2D eigenvalue weighted by molar-refractivity contribution is 0.0522. The predicted molar refractivity (Wildman–Crippen MR) is 145 cm³/mol. The molecule has 188 valence electrons. The number of carbonyl (C=O) groups is 2. The summed E-state index contributed by atoms with van der Waals surface area (Å²) < 4.78 is 10.6. The Bertz CT molecular complexity index is 1080. The van der Waals surface area contributed by atoms with Gasteiger partial charge in [0.1, 0.15) is 9.75 Å². The second-order valence-electron chi connectivity index (χ2n) is 7.78. The van der Waals surface area contributed by atoms with Gasteiger partial charge in [0, 0.05) is 11.5 Å². The average molecular weight is 555 g/mol. The molecule has 0 atom stereocenters. The van der Waals surface area contributed by atoms with E-state index in [1.165, 1.54) is 22.7 Å². The van der Waals surface area contributed by atoms with Crippen LogP contribution in [-0.2, 0) is 14.9 Å². The van der Waals surface area contributed by atoms with Crippen LogP contribution >= 0.6 is 46.2 Å². The molecular weight excluding hydrogens is 529 g/mol. The Morgan fingerprint density at radius 1 is 0.829 bits per heavy atom. The summed E-state index contributed by atoms with van der Waals surface area (Å²) in [4.78, 5) is 44.8. The fraction of sp³-hybridized carbons (Fsp3) is 0.524. The Kier molecular flexibility index (Phi) is 8.34. The van der Waals surface area contributed by atoms with Crippen LogP contribution in [0.25, 0.3) is 0 Å². The van der Waals surface area contributed by atoms with Crippen LogP contribution in [0.1, 0.15) is 58.4 Å². The van der Waals surface area contributed by atoms with Crippen molar-refractivity contribution in [1.82, 2.24) is 9.97 Å². The first kappa shape index (κ1) is 25.9. The van der Waals surface area contributed by atoms with Crippen molar-refractivity contribution in [2.24, 2.45) is 9.98 Å². The van der Waals surface area contributed by atoms with E-state index in [9.17, 15) is 9.59 Å². The van der Waals surface area contributed by atoms with E-state index < -0.39 is 17.4 Å². The van der Waals surface area contributed by atoms with Gasteiger partial charge in [-0.15, -0.1) is 0 Å². The number of esters is 2. The molecule has 0 fully saturated rings. The van der Waals surface area contributed by atoms with Gasteiger partial charge in [-0.2, -0.15) is 0 Å². The number of amidine groups is 2. The number of ether oxygens (including phenoxy) is 2. The second-order valence-corrected chi connectivity index (χ2v) is 11.9. The number of nitrogens with one attached hydrogen (secondary N) is 2. The molecule has 2 aliphatic heterocycles. The van der Waals surface area contributed by atoms with E-state index in [0.29, 0.717) is 31.4 Å². The van der Waals surface area contributed by atoms with Gasteiger partial charge in [-0.25, -0.2) is 19.6 Å². The minimum Gasteiger partial charge on any atom is -0.462 e. The molecule has 4 rings (SSSR count). The van der Waals surface area contributed by atoms with Gasteiger partial charge >= 0.3 is 11.9 Å². The van der Waals surface area contributed by atoms with Crippen molar-refractivity contribution in [2.45, 2.75) is 33.1 Å². The fourth-order valence-corrected chi connectivity index (χ4v) is 7.00. The van der Waals surface area contributed by atoms with Gasteiger partial charge in [0.15, 0.2) is 20.6 Å². The minimum atomic E-state index is -0.910. The summed E-state index contributed by atoms with van der Waals surface area (Å²) in [5.41, 5.74) is 0.0378. The van der Waals surface area contributed by atoms with Crippen molar-refractivity contribution in [3.63, 3.8) is 0 Å². The number of aromatic nitrogens is 2. The number of hydrogen-bond donors (Lipinski definition) is 2. The third-order valence-electron chi connectivity index (χ3n) is 4.96. The highest BCUT2D eigenvalue weighted by Gasteiger charge is 2.39. The highest BCUT2D eigenvalue weighted by molar-refractivity contribution is 8.14. The molecule has 2 aromatic rings. The van der Waals surface area contributed by atoms with Crippen molar-refractivity contribution in [3.8, 4) is 0 Å². The Balaban J connectivity index is 1.76. The van der Waals surface area contributed by atoms with Crippen LogP contribution in [0.15, 0.2) is 9.98 Å². The Morgan fingerprint density at radius 3 is 1.60 bits per heavy atom. The zero-order valence-corrected chi connectivity index (χ0v) is 23.1. The number of rotatable bonds is 8. The smallest absolute Gasteiger partial charge is 0.350 e. The largest absolute Gasteiger partial charge is 0.462 e. The third-order valence-corrected chi connectivity index (χ3v) is 8.64. The molecule has 14 heteroatoms. The van der Waals surface area contributed by atoms with E-state index in [1.54, 1.807) is 37.4 Å². The van der Waals surface area contributed by atoms with Crippen molar-refractivity contribution < 1.29 is 19.1 Å². The first-order chi connectivity index (χ1) is 16.8. The summed E-state index contributed by atoms with van der Waals surface area (Å²) in [6, 6.07) is 0. The molecule has 2 aliphatic rings. The van der Waals surface area contributed by atoms with Gasteiger partial charge < -0.3 is 20.1 Å². The van der Waals surface area contributed by atoms with E-state index in [4.69, 9.17) is 19.4 Å². The zero-order chi connectivity index (χ0) is 25.0. The number of thioether (sulfide) groups is 2. The van der Waals surface area contributed by atoms with E-state index in [-0.39, 0.29) is 13.2 Å². The maximum atomic E-state index is 12.9. The van der Waals surface area contributed by atoms with Gasteiger partial charge in [0.25, 0.3) is 0 Å². The number of hydrogen-bond acceptors (Lipinski definition) is 14. The number of aliphatic imine (C=N–C) groups is 2. The Labute approximate surface area is 219 Å². The number of thiazole rings is 2. The van der Waals surface area contributed by atoms with Crippen LogP contribution in [0.2, 0.25) is 0 Å². The predicted octanol–water partition coefficient (Wildman–Crippen LogP) is 4.31. The van der Waals surface area contributed by atoms with Crippen molar-refractivity contribution in [3.05, 3.63) is 21.1 Å². The quantitative estimate of drug-likeness (QED) is 0.456. The molecule has 35 heavy (non-hydrogen) atoms. The molecule has 0 unspecified atom stereocenters. The molecule has 0 aromatic carbocycles. The van der Waals surface area contributed by atoms with Crippen molar-refractivity contribution >= 4 is 78.7 Å². The maximum Gasteiger partial charge on any atom is 0.350 e. The van der Waals surface area contributed by atoms with Gasteiger partial charge in [0.05, 0.1) is 43.1 Å². The summed E-state index contributed by atoms with van der Waals surface area (Å²) in [6.07, 6.45) is 0. The lowest BCUT2D eigenvalue weighted by Crippen LogP contribution is -2.26. The number of nitrogens with zero attached hydrogens (tertiary/aromatic N) is 4. The fourth-order valence-electron chi connectivity index (χ4n) is 3.38. The summed E-state index contributed by atoms with van der Waals surface area (Å²) in [7, 11) is 0. The maximum absolute atomic E-state index is 12.9. The summed E-state index contributed by atoms with van der Waals surface area (Å²) in [6.45, 7) is 9.24. The van der Waals surface area contributed by atoms with Crippen molar-refractivity contribution in [2.75, 3.05) is 48.4 Å². The molecule has 2 N–H and O–H groups in total. The molecule has 10 nitrogen and oxygen atoms in total. The third kappa shape index (κ3) is 5.81. The zero-order valence-electron chi connectivity index (χ0n) is 19.8. The van der Waals surface area contributed by atoms with E-state index in [0.717, 1.165) is 34.9 Å². The van der Waals surface area contributed by atoms with Gasteiger partial charge in [-0.05, 0) is 27.7 Å². The number of carbonyl (C=O) groups excluding carboxylic acids is 2. The molecule has 0 aliphatic carbocycles. The molecule has 0 saturated heterocycles. The molecule has 0 amide bonds. The van der Waals surface area contributed by atoms with Gasteiger partial charge in [-0.1, -0.05) is 46.2 Å². The molecular formula is C21H26N6O4S4. The van der Waals surface area contributed by atoms with Crippen LogP contribution in [0.4, 0.5) is 10.3 Å². The molecule has 0 spiro atoms. The van der Waals surface area contributed by atoms with Crippen LogP contribution in [0.3, 0.4) is 0 Å². The molecule has 0 saturated carbocycles. The monoisotopic (exact) mass is 554 g/mol. The average Bonchev–Trinajstić information content (AvgIpc) is 3.62. The lowest BCUT2D eigenvalue weighted by Gasteiger charge is -2.23. The molecule has 0 radical (unpaired) electrons. The van der Waals surface area contributed by atoms with Crippen molar-refractivity contribution in [1.29, 1.82) is 0 Å². The number of anilines is 2. The van der Waals surface area contributed by atoms with E-state index in [1.807, 2.05) is 13.8 Å².